The number of benzene rings is 1. The Kier molecular flexibility index (Phi) is 4.02. The predicted octanol–water partition coefficient (Wildman–Crippen LogP) is 2.80. The maximum Gasteiger partial charge on any atom is 0.305 e. The Morgan fingerprint density at radius 1 is 1.44 bits per heavy atom. The Labute approximate surface area is 108 Å². The molecule has 1 aliphatic carbocycles. The first kappa shape index (κ1) is 13.1. The first-order valence-electron chi connectivity index (χ1n) is 6.47. The van der Waals surface area contributed by atoms with Gasteiger partial charge in [0.15, 0.2) is 0 Å². The molecule has 1 fully saturated rings. The van der Waals surface area contributed by atoms with Crippen molar-refractivity contribution in [2.45, 2.75) is 38.2 Å². The highest BCUT2D eigenvalue weighted by Crippen LogP contribution is 2.44. The van der Waals surface area contributed by atoms with E-state index in [1.165, 1.54) is 25.5 Å². The molecular weight excluding hydrogens is 228 g/mol. The zero-order valence-corrected chi connectivity index (χ0v) is 10.9. The SMILES string of the molecule is COC(=O)CC(C)C(O)c1ccccc1C1CC1. The van der Waals surface area contributed by atoms with Gasteiger partial charge in [-0.1, -0.05) is 31.2 Å². The van der Waals surface area contributed by atoms with Crippen molar-refractivity contribution in [3.05, 3.63) is 35.4 Å². The van der Waals surface area contributed by atoms with E-state index in [-0.39, 0.29) is 18.3 Å². The lowest BCUT2D eigenvalue weighted by Crippen LogP contribution is -2.16. The molecule has 2 atom stereocenters. The van der Waals surface area contributed by atoms with E-state index in [2.05, 4.69) is 10.8 Å². The number of aliphatic hydroxyl groups excluding tert-OH is 1. The predicted molar refractivity (Wildman–Crippen MR) is 69.2 cm³/mol. The van der Waals surface area contributed by atoms with Crippen molar-refractivity contribution in [3.63, 3.8) is 0 Å². The van der Waals surface area contributed by atoms with E-state index >= 15 is 0 Å². The molecule has 0 aromatic heterocycles. The number of carbonyl (C=O) groups is 1. The Balaban J connectivity index is 2.12. The number of ether oxygens (including phenoxy) is 1. The lowest BCUT2D eigenvalue weighted by molar-refractivity contribution is -0.142. The smallest absolute Gasteiger partial charge is 0.305 e. The molecule has 18 heavy (non-hydrogen) atoms. The van der Waals surface area contributed by atoms with E-state index in [0.29, 0.717) is 5.92 Å². The minimum atomic E-state index is -0.596. The van der Waals surface area contributed by atoms with E-state index in [1.54, 1.807) is 0 Å². The molecule has 0 saturated heterocycles. The standard InChI is InChI=1S/C15H20O3/c1-10(9-14(16)18-2)15(17)13-6-4-3-5-12(13)11-7-8-11/h3-6,10-11,15,17H,7-9H2,1-2H3. The van der Waals surface area contributed by atoms with Crippen LogP contribution in [0.15, 0.2) is 24.3 Å². The van der Waals surface area contributed by atoms with E-state index in [4.69, 9.17) is 0 Å². The molecule has 1 saturated carbocycles. The number of esters is 1. The molecule has 0 spiro atoms. The van der Waals surface area contributed by atoms with Crippen LogP contribution in [-0.2, 0) is 9.53 Å². The van der Waals surface area contributed by atoms with Gasteiger partial charge in [-0.15, -0.1) is 0 Å². The van der Waals surface area contributed by atoms with E-state index in [1.807, 2.05) is 25.1 Å². The van der Waals surface area contributed by atoms with Gasteiger partial charge >= 0.3 is 5.97 Å². The van der Waals surface area contributed by atoms with Crippen LogP contribution in [0.5, 0.6) is 0 Å². The molecule has 0 amide bonds. The van der Waals surface area contributed by atoms with Gasteiger partial charge in [-0.3, -0.25) is 4.79 Å². The minimum absolute atomic E-state index is 0.127. The number of rotatable bonds is 5. The summed E-state index contributed by atoms with van der Waals surface area (Å²) in [7, 11) is 1.37. The van der Waals surface area contributed by atoms with Gasteiger partial charge in [0.25, 0.3) is 0 Å². The molecule has 1 aromatic rings. The lowest BCUT2D eigenvalue weighted by atomic mass is 9.90. The van der Waals surface area contributed by atoms with Gasteiger partial charge in [0.1, 0.15) is 0 Å². The summed E-state index contributed by atoms with van der Waals surface area (Å²) in [5.74, 6) is 0.198. The van der Waals surface area contributed by atoms with Crippen molar-refractivity contribution in [1.82, 2.24) is 0 Å². The maximum atomic E-state index is 11.3. The topological polar surface area (TPSA) is 46.5 Å². The summed E-state index contributed by atoms with van der Waals surface area (Å²) < 4.78 is 4.65. The van der Waals surface area contributed by atoms with Gasteiger partial charge in [0, 0.05) is 0 Å². The second-order valence-electron chi connectivity index (χ2n) is 5.11. The normalized spacial score (nSPS) is 18.2. The summed E-state index contributed by atoms with van der Waals surface area (Å²) in [4.78, 5) is 11.3. The highest BCUT2D eigenvalue weighted by molar-refractivity contribution is 5.69. The van der Waals surface area contributed by atoms with Gasteiger partial charge in [-0.2, -0.15) is 0 Å². The first-order chi connectivity index (χ1) is 8.63. The van der Waals surface area contributed by atoms with Crippen LogP contribution in [-0.4, -0.2) is 18.2 Å². The third kappa shape index (κ3) is 2.91. The number of hydrogen-bond donors (Lipinski definition) is 1. The summed E-state index contributed by atoms with van der Waals surface area (Å²) in [5.41, 5.74) is 2.21. The summed E-state index contributed by atoms with van der Waals surface area (Å²) in [5, 5.41) is 10.4. The second kappa shape index (κ2) is 5.53. The van der Waals surface area contributed by atoms with Gasteiger partial charge in [0.2, 0.25) is 0 Å². The van der Waals surface area contributed by atoms with Crippen molar-refractivity contribution in [2.24, 2.45) is 5.92 Å². The van der Waals surface area contributed by atoms with Crippen LogP contribution >= 0.6 is 0 Å². The van der Waals surface area contributed by atoms with Crippen LogP contribution in [0.3, 0.4) is 0 Å². The monoisotopic (exact) mass is 248 g/mol. The molecule has 1 aliphatic rings. The third-order valence-electron chi connectivity index (χ3n) is 3.59. The molecule has 1 N–H and O–H groups in total. The highest BCUT2D eigenvalue weighted by Gasteiger charge is 2.29. The maximum absolute atomic E-state index is 11.3. The van der Waals surface area contributed by atoms with Crippen LogP contribution in [0, 0.1) is 5.92 Å². The van der Waals surface area contributed by atoms with E-state index in [9.17, 15) is 9.90 Å². The van der Waals surface area contributed by atoms with Crippen LogP contribution in [0.4, 0.5) is 0 Å². The van der Waals surface area contributed by atoms with Gasteiger partial charge in [0.05, 0.1) is 19.6 Å². The van der Waals surface area contributed by atoms with Crippen molar-refractivity contribution in [2.75, 3.05) is 7.11 Å². The lowest BCUT2D eigenvalue weighted by Gasteiger charge is -2.21. The van der Waals surface area contributed by atoms with Gasteiger partial charge in [-0.05, 0) is 35.8 Å². The fraction of sp³-hybridized carbons (Fsp3) is 0.533. The first-order valence-corrected chi connectivity index (χ1v) is 6.47. The zero-order chi connectivity index (χ0) is 13.1. The third-order valence-corrected chi connectivity index (χ3v) is 3.59. The zero-order valence-electron chi connectivity index (χ0n) is 10.9. The Morgan fingerprint density at radius 2 is 2.11 bits per heavy atom. The fourth-order valence-corrected chi connectivity index (χ4v) is 2.31. The summed E-state index contributed by atoms with van der Waals surface area (Å²) in [6, 6.07) is 8.00. The van der Waals surface area contributed by atoms with Gasteiger partial charge in [-0.25, -0.2) is 0 Å². The van der Waals surface area contributed by atoms with Crippen molar-refractivity contribution in [3.8, 4) is 0 Å². The van der Waals surface area contributed by atoms with Gasteiger partial charge < -0.3 is 9.84 Å². The molecule has 3 nitrogen and oxygen atoms in total. The highest BCUT2D eigenvalue weighted by atomic mass is 16.5. The second-order valence-corrected chi connectivity index (χ2v) is 5.11. The number of methoxy groups -OCH3 is 1. The molecule has 0 radical (unpaired) electrons. The molecule has 3 heteroatoms. The Morgan fingerprint density at radius 3 is 2.72 bits per heavy atom. The number of carbonyl (C=O) groups excluding carboxylic acids is 1. The number of aliphatic hydroxyl groups is 1. The molecule has 98 valence electrons. The van der Waals surface area contributed by atoms with Crippen LogP contribution < -0.4 is 0 Å². The largest absolute Gasteiger partial charge is 0.469 e. The summed E-state index contributed by atoms with van der Waals surface area (Å²) in [6.07, 6.45) is 2.06. The fourth-order valence-electron chi connectivity index (χ4n) is 2.31. The molecule has 2 unspecified atom stereocenters. The van der Waals surface area contributed by atoms with E-state index in [0.717, 1.165) is 5.56 Å². The average molecular weight is 248 g/mol. The average Bonchev–Trinajstić information content (AvgIpc) is 3.22. The molecule has 0 aliphatic heterocycles. The van der Waals surface area contributed by atoms with Crippen LogP contribution in [0.2, 0.25) is 0 Å². The Hall–Kier alpha value is -1.35. The van der Waals surface area contributed by atoms with Crippen LogP contribution in [0.1, 0.15) is 49.3 Å². The summed E-state index contributed by atoms with van der Waals surface area (Å²) >= 11 is 0. The Bertz CT molecular complexity index is 424. The number of hydrogen-bond acceptors (Lipinski definition) is 3. The molecule has 1 aromatic carbocycles. The summed E-state index contributed by atoms with van der Waals surface area (Å²) in [6.45, 7) is 1.88. The van der Waals surface area contributed by atoms with Crippen molar-refractivity contribution < 1.29 is 14.6 Å². The molecule has 2 rings (SSSR count). The van der Waals surface area contributed by atoms with Crippen LogP contribution in [0.25, 0.3) is 0 Å². The van der Waals surface area contributed by atoms with E-state index < -0.39 is 6.10 Å². The minimum Gasteiger partial charge on any atom is -0.469 e. The van der Waals surface area contributed by atoms with Crippen molar-refractivity contribution in [1.29, 1.82) is 0 Å². The quantitative estimate of drug-likeness (QED) is 0.815. The molecular formula is C15H20O3. The van der Waals surface area contributed by atoms with Crippen molar-refractivity contribution >= 4 is 5.97 Å². The molecule has 0 bridgehead atoms. The molecule has 0 heterocycles.